The van der Waals surface area contributed by atoms with Crippen molar-refractivity contribution < 1.29 is 9.13 Å². The first-order valence-corrected chi connectivity index (χ1v) is 8.68. The minimum absolute atomic E-state index is 0.157. The minimum Gasteiger partial charge on any atom is -0.431 e. The van der Waals surface area contributed by atoms with Crippen LogP contribution in [0.15, 0.2) is 59.8 Å². The summed E-state index contributed by atoms with van der Waals surface area (Å²) in [7, 11) is 5.41. The van der Waals surface area contributed by atoms with Crippen LogP contribution in [0.5, 0.6) is 5.75 Å². The Kier molecular flexibility index (Phi) is 4.52. The number of para-hydroxylation sites is 1. The van der Waals surface area contributed by atoms with Gasteiger partial charge in [0.25, 0.3) is 0 Å². The van der Waals surface area contributed by atoms with E-state index in [1.54, 1.807) is 24.3 Å². The first-order chi connectivity index (χ1) is 13.5. The standard InChI is InChI=1S/C20H19FN6O/c1-26(2)15-11-7-10-14(21)17(15)19-25-27(3)18-16(28-19)12-22-20(24-18)23-13-8-5-4-6-9-13/h4-12H,1-3H3,(H,22,23,24). The van der Waals surface area contributed by atoms with Crippen LogP contribution in [0.25, 0.3) is 0 Å². The predicted molar refractivity (Wildman–Crippen MR) is 108 cm³/mol. The molecule has 1 N–H and O–H groups in total. The number of hydrazone groups is 1. The molecule has 4 rings (SSSR count). The fraction of sp³-hybridized carbons (Fsp3) is 0.150. The van der Waals surface area contributed by atoms with Crippen LogP contribution in [0, 0.1) is 5.82 Å². The molecule has 0 unspecified atom stereocenters. The number of ether oxygens (including phenoxy) is 1. The maximum atomic E-state index is 14.6. The summed E-state index contributed by atoms with van der Waals surface area (Å²) in [5.41, 5.74) is 1.82. The van der Waals surface area contributed by atoms with Gasteiger partial charge in [-0.1, -0.05) is 24.3 Å². The van der Waals surface area contributed by atoms with Gasteiger partial charge in [0.15, 0.2) is 11.6 Å². The van der Waals surface area contributed by atoms with E-state index in [1.165, 1.54) is 6.07 Å². The molecule has 2 aromatic carbocycles. The van der Waals surface area contributed by atoms with E-state index in [-0.39, 0.29) is 11.5 Å². The topological polar surface area (TPSA) is 65.9 Å². The molecule has 0 atom stereocenters. The molecule has 8 heteroatoms. The smallest absolute Gasteiger partial charge is 0.249 e. The summed E-state index contributed by atoms with van der Waals surface area (Å²) in [6.07, 6.45) is 1.55. The van der Waals surface area contributed by atoms with Gasteiger partial charge in [-0.25, -0.2) is 14.4 Å². The fourth-order valence-corrected chi connectivity index (χ4v) is 2.88. The first-order valence-electron chi connectivity index (χ1n) is 8.68. The summed E-state index contributed by atoms with van der Waals surface area (Å²) in [5.74, 6) is 1.05. The molecule has 3 aromatic rings. The molecule has 0 bridgehead atoms. The van der Waals surface area contributed by atoms with E-state index in [1.807, 2.05) is 55.4 Å². The number of fused-ring (bicyclic) bond motifs is 1. The molecule has 2 heterocycles. The van der Waals surface area contributed by atoms with Crippen LogP contribution >= 0.6 is 0 Å². The van der Waals surface area contributed by atoms with Crippen LogP contribution in [0.4, 0.5) is 27.5 Å². The number of hydrogen-bond acceptors (Lipinski definition) is 7. The highest BCUT2D eigenvalue weighted by molar-refractivity contribution is 6.02. The molecule has 0 aliphatic carbocycles. The average Bonchev–Trinajstić information content (AvgIpc) is 2.69. The van der Waals surface area contributed by atoms with Gasteiger partial charge in [0.05, 0.1) is 17.4 Å². The zero-order valence-corrected chi connectivity index (χ0v) is 15.7. The minimum atomic E-state index is -0.412. The van der Waals surface area contributed by atoms with Crippen LogP contribution in [-0.2, 0) is 0 Å². The van der Waals surface area contributed by atoms with Gasteiger partial charge in [0, 0.05) is 26.8 Å². The molecule has 28 heavy (non-hydrogen) atoms. The van der Waals surface area contributed by atoms with Crippen molar-refractivity contribution in [1.82, 2.24) is 9.97 Å². The molecule has 1 aliphatic heterocycles. The normalized spacial score (nSPS) is 12.7. The highest BCUT2D eigenvalue weighted by atomic mass is 19.1. The third kappa shape index (κ3) is 3.32. The second-order valence-corrected chi connectivity index (χ2v) is 6.43. The lowest BCUT2D eigenvalue weighted by atomic mass is 10.1. The summed E-state index contributed by atoms with van der Waals surface area (Å²) in [6, 6.07) is 14.4. The summed E-state index contributed by atoms with van der Waals surface area (Å²) in [5, 5.41) is 9.07. The second-order valence-electron chi connectivity index (χ2n) is 6.43. The van der Waals surface area contributed by atoms with E-state index in [0.29, 0.717) is 23.2 Å². The highest BCUT2D eigenvalue weighted by Crippen LogP contribution is 2.33. The molecule has 7 nitrogen and oxygen atoms in total. The van der Waals surface area contributed by atoms with Crippen molar-refractivity contribution in [2.24, 2.45) is 5.10 Å². The van der Waals surface area contributed by atoms with Crippen molar-refractivity contribution in [3.05, 3.63) is 66.1 Å². The Morgan fingerprint density at radius 1 is 1.07 bits per heavy atom. The number of rotatable bonds is 4. The van der Waals surface area contributed by atoms with Gasteiger partial charge in [-0.05, 0) is 24.3 Å². The van der Waals surface area contributed by atoms with Crippen molar-refractivity contribution in [3.63, 3.8) is 0 Å². The largest absolute Gasteiger partial charge is 0.431 e. The van der Waals surface area contributed by atoms with E-state index >= 15 is 0 Å². The molecule has 0 fully saturated rings. The van der Waals surface area contributed by atoms with Crippen molar-refractivity contribution >= 4 is 29.0 Å². The number of hydrogen-bond donors (Lipinski definition) is 1. The van der Waals surface area contributed by atoms with Gasteiger partial charge >= 0.3 is 0 Å². The van der Waals surface area contributed by atoms with Gasteiger partial charge in [-0.3, -0.25) is 0 Å². The monoisotopic (exact) mass is 378 g/mol. The van der Waals surface area contributed by atoms with Crippen molar-refractivity contribution in [2.75, 3.05) is 36.4 Å². The lowest BCUT2D eigenvalue weighted by Crippen LogP contribution is -2.28. The number of nitrogens with zero attached hydrogens (tertiary/aromatic N) is 5. The number of anilines is 4. The van der Waals surface area contributed by atoms with Crippen molar-refractivity contribution in [2.45, 2.75) is 0 Å². The van der Waals surface area contributed by atoms with E-state index in [0.717, 1.165) is 5.69 Å². The molecule has 0 spiro atoms. The molecule has 1 aromatic heterocycles. The summed E-state index contributed by atoms with van der Waals surface area (Å²) in [6.45, 7) is 0. The van der Waals surface area contributed by atoms with E-state index < -0.39 is 5.82 Å². The fourth-order valence-electron chi connectivity index (χ4n) is 2.88. The van der Waals surface area contributed by atoms with Crippen molar-refractivity contribution in [1.29, 1.82) is 0 Å². The second kappa shape index (κ2) is 7.15. The third-order valence-electron chi connectivity index (χ3n) is 4.21. The van der Waals surface area contributed by atoms with E-state index in [4.69, 9.17) is 4.74 Å². The van der Waals surface area contributed by atoms with Gasteiger partial charge in [-0.2, -0.15) is 4.98 Å². The quantitative estimate of drug-likeness (QED) is 0.748. The Labute approximate surface area is 162 Å². The number of halogens is 1. The molecule has 0 radical (unpaired) electrons. The molecule has 0 saturated heterocycles. The lowest BCUT2D eigenvalue weighted by Gasteiger charge is -2.25. The molecule has 0 amide bonds. The summed E-state index contributed by atoms with van der Waals surface area (Å²) in [4.78, 5) is 10.6. The van der Waals surface area contributed by atoms with E-state index in [9.17, 15) is 4.39 Å². The van der Waals surface area contributed by atoms with Gasteiger partial charge in [-0.15, -0.1) is 5.10 Å². The Morgan fingerprint density at radius 2 is 1.86 bits per heavy atom. The SMILES string of the molecule is CN(C)c1cccc(F)c1C1=NN(C)c2nc(Nc3ccccc3)ncc2O1. The number of benzene rings is 2. The lowest BCUT2D eigenvalue weighted by molar-refractivity contribution is 0.518. The Balaban J connectivity index is 1.67. The van der Waals surface area contributed by atoms with Crippen LogP contribution in [0.2, 0.25) is 0 Å². The average molecular weight is 378 g/mol. The zero-order valence-electron chi connectivity index (χ0n) is 15.7. The maximum absolute atomic E-state index is 14.6. The first kappa shape index (κ1) is 17.7. The molecule has 0 saturated carbocycles. The highest BCUT2D eigenvalue weighted by Gasteiger charge is 2.26. The Hall–Kier alpha value is -3.68. The molecule has 1 aliphatic rings. The third-order valence-corrected chi connectivity index (χ3v) is 4.21. The van der Waals surface area contributed by atoms with Crippen molar-refractivity contribution in [3.8, 4) is 5.75 Å². The maximum Gasteiger partial charge on any atom is 0.249 e. The molecular formula is C20H19FN6O. The van der Waals surface area contributed by atoms with Crippen LogP contribution in [0.3, 0.4) is 0 Å². The zero-order chi connectivity index (χ0) is 19.7. The predicted octanol–water partition coefficient (Wildman–Crippen LogP) is 3.62. The molecular weight excluding hydrogens is 359 g/mol. The Morgan fingerprint density at radius 3 is 2.61 bits per heavy atom. The van der Waals surface area contributed by atoms with E-state index in [2.05, 4.69) is 20.4 Å². The Bertz CT molecular complexity index is 1040. The molecule has 142 valence electrons. The number of nitrogens with one attached hydrogen (secondary N) is 1. The summed E-state index contributed by atoms with van der Waals surface area (Å²) < 4.78 is 20.4. The van der Waals surface area contributed by atoms with Crippen LogP contribution in [0.1, 0.15) is 5.56 Å². The van der Waals surface area contributed by atoms with Gasteiger partial charge < -0.3 is 15.0 Å². The van der Waals surface area contributed by atoms with Crippen LogP contribution < -0.4 is 20.0 Å². The van der Waals surface area contributed by atoms with Gasteiger partial charge in [0.2, 0.25) is 11.8 Å². The van der Waals surface area contributed by atoms with Gasteiger partial charge in [0.1, 0.15) is 5.82 Å². The summed E-state index contributed by atoms with van der Waals surface area (Å²) >= 11 is 0. The number of aromatic nitrogens is 2. The van der Waals surface area contributed by atoms with Crippen LogP contribution in [-0.4, -0.2) is 37.0 Å².